The third-order valence-corrected chi connectivity index (χ3v) is 2.21. The van der Waals surface area contributed by atoms with E-state index in [-0.39, 0.29) is 11.8 Å². The molecule has 4 nitrogen and oxygen atoms in total. The Morgan fingerprint density at radius 3 is 2.44 bits per heavy atom. The van der Waals surface area contributed by atoms with Crippen LogP contribution in [0.25, 0.3) is 0 Å². The highest BCUT2D eigenvalue weighted by atomic mass is 79.9. The van der Waals surface area contributed by atoms with Crippen LogP contribution in [0.2, 0.25) is 0 Å². The summed E-state index contributed by atoms with van der Waals surface area (Å²) in [4.78, 5) is 21.8. The number of carbonyl (C=O) groups excluding carboxylic acids is 2. The normalized spacial score (nSPS) is 9.62. The van der Waals surface area contributed by atoms with E-state index in [9.17, 15) is 9.59 Å². The molecule has 0 atom stereocenters. The van der Waals surface area contributed by atoms with Crippen molar-refractivity contribution < 1.29 is 9.59 Å². The minimum Gasteiger partial charge on any atom is -0.356 e. The average Bonchev–Trinajstić information content (AvgIpc) is 2.19. The molecule has 0 aromatic rings. The van der Waals surface area contributed by atoms with Crippen molar-refractivity contribution in [2.45, 2.75) is 32.6 Å². The van der Waals surface area contributed by atoms with Gasteiger partial charge in [0.1, 0.15) is 0 Å². The second-order valence-electron chi connectivity index (χ2n) is 3.59. The van der Waals surface area contributed by atoms with Gasteiger partial charge in [0.15, 0.2) is 0 Å². The van der Waals surface area contributed by atoms with Gasteiger partial charge in [-0.25, -0.2) is 0 Å². The smallest absolute Gasteiger partial charge is 0.220 e. The molecule has 0 aliphatic heterocycles. The van der Waals surface area contributed by atoms with Gasteiger partial charge in [-0.1, -0.05) is 28.9 Å². The van der Waals surface area contributed by atoms with Crippen LogP contribution in [0.4, 0.5) is 0 Å². The van der Waals surface area contributed by atoms with Crippen molar-refractivity contribution in [2.24, 2.45) is 0 Å². The van der Waals surface area contributed by atoms with Crippen LogP contribution in [-0.2, 0) is 9.59 Å². The third kappa shape index (κ3) is 11.2. The van der Waals surface area contributed by atoms with Crippen molar-refractivity contribution in [3.05, 3.63) is 11.1 Å². The molecule has 2 N–H and O–H groups in total. The molecule has 92 valence electrons. The highest BCUT2D eigenvalue weighted by Gasteiger charge is 2.00. The van der Waals surface area contributed by atoms with E-state index in [2.05, 4.69) is 33.1 Å². The second kappa shape index (κ2) is 9.39. The summed E-state index contributed by atoms with van der Waals surface area (Å²) in [7, 11) is 0. The molecule has 0 bridgehead atoms. The quantitative estimate of drug-likeness (QED) is 0.669. The zero-order valence-corrected chi connectivity index (χ0v) is 11.2. The van der Waals surface area contributed by atoms with E-state index >= 15 is 0 Å². The van der Waals surface area contributed by atoms with E-state index in [4.69, 9.17) is 0 Å². The van der Waals surface area contributed by atoms with E-state index in [0.29, 0.717) is 19.5 Å². The molecule has 0 unspecified atom stereocenters. The Morgan fingerprint density at radius 2 is 1.88 bits per heavy atom. The summed E-state index contributed by atoms with van der Waals surface area (Å²) in [6.45, 7) is 6.29. The predicted octanol–water partition coefficient (Wildman–Crippen LogP) is 1.71. The van der Waals surface area contributed by atoms with Crippen molar-refractivity contribution in [2.75, 3.05) is 13.1 Å². The Morgan fingerprint density at radius 1 is 1.19 bits per heavy atom. The van der Waals surface area contributed by atoms with Crippen molar-refractivity contribution in [3.63, 3.8) is 0 Å². The van der Waals surface area contributed by atoms with E-state index in [0.717, 1.165) is 23.7 Å². The van der Waals surface area contributed by atoms with Gasteiger partial charge in [0, 0.05) is 30.9 Å². The van der Waals surface area contributed by atoms with Gasteiger partial charge in [-0.3, -0.25) is 9.59 Å². The van der Waals surface area contributed by atoms with E-state index < -0.39 is 0 Å². The maximum atomic E-state index is 11.2. The molecule has 2 amide bonds. The molecule has 5 heteroatoms. The van der Waals surface area contributed by atoms with E-state index in [1.165, 1.54) is 6.92 Å². The number of rotatable bonds is 8. The molecule has 0 aromatic heterocycles. The zero-order chi connectivity index (χ0) is 12.4. The van der Waals surface area contributed by atoms with Crippen LogP contribution in [0, 0.1) is 0 Å². The van der Waals surface area contributed by atoms with Gasteiger partial charge in [0.25, 0.3) is 0 Å². The van der Waals surface area contributed by atoms with Crippen LogP contribution in [0.3, 0.4) is 0 Å². The summed E-state index contributed by atoms with van der Waals surface area (Å²) in [5.41, 5.74) is 0. The van der Waals surface area contributed by atoms with Gasteiger partial charge in [0.2, 0.25) is 11.8 Å². The number of nitrogens with one attached hydrogen (secondary N) is 2. The molecule has 0 aromatic carbocycles. The molecule has 0 spiro atoms. The molecule has 0 radical (unpaired) electrons. The van der Waals surface area contributed by atoms with Gasteiger partial charge in [0.05, 0.1) is 0 Å². The Bertz CT molecular complexity index is 254. The SMILES string of the molecule is C=C(Br)CNC(=O)CCCCCNC(C)=O. The molecule has 0 saturated heterocycles. The van der Waals surface area contributed by atoms with Gasteiger partial charge in [-0.15, -0.1) is 0 Å². The largest absolute Gasteiger partial charge is 0.356 e. The molecule has 16 heavy (non-hydrogen) atoms. The first-order valence-electron chi connectivity index (χ1n) is 5.36. The lowest BCUT2D eigenvalue weighted by Gasteiger charge is -2.04. The third-order valence-electron chi connectivity index (χ3n) is 1.93. The fourth-order valence-corrected chi connectivity index (χ4v) is 1.27. The van der Waals surface area contributed by atoms with Gasteiger partial charge >= 0.3 is 0 Å². The Balaban J connectivity index is 3.27. The zero-order valence-electron chi connectivity index (χ0n) is 9.64. The number of hydrogen-bond donors (Lipinski definition) is 2. The Labute approximate surface area is 105 Å². The van der Waals surface area contributed by atoms with Crippen molar-refractivity contribution in [3.8, 4) is 0 Å². The fourth-order valence-electron chi connectivity index (χ4n) is 1.13. The lowest BCUT2D eigenvalue weighted by atomic mass is 10.2. The van der Waals surface area contributed by atoms with Crippen molar-refractivity contribution in [1.29, 1.82) is 0 Å². The first-order valence-corrected chi connectivity index (χ1v) is 6.16. The van der Waals surface area contributed by atoms with Crippen molar-refractivity contribution >= 4 is 27.7 Å². The van der Waals surface area contributed by atoms with Crippen LogP contribution in [0.15, 0.2) is 11.1 Å². The maximum Gasteiger partial charge on any atom is 0.220 e. The molecular formula is C11H19BrN2O2. The minimum absolute atomic E-state index is 0.00595. The molecule has 0 aliphatic carbocycles. The van der Waals surface area contributed by atoms with Crippen LogP contribution in [0.1, 0.15) is 32.6 Å². The van der Waals surface area contributed by atoms with Gasteiger partial charge in [-0.05, 0) is 12.8 Å². The fraction of sp³-hybridized carbons (Fsp3) is 0.636. The number of halogens is 1. The monoisotopic (exact) mass is 290 g/mol. The molecule has 0 aliphatic rings. The van der Waals surface area contributed by atoms with Crippen LogP contribution >= 0.6 is 15.9 Å². The number of hydrogen-bond acceptors (Lipinski definition) is 2. The Kier molecular flexibility index (Phi) is 8.90. The minimum atomic E-state index is -0.00595. The van der Waals surface area contributed by atoms with Gasteiger partial charge in [-0.2, -0.15) is 0 Å². The molecule has 0 rings (SSSR count). The van der Waals surface area contributed by atoms with Crippen LogP contribution in [-0.4, -0.2) is 24.9 Å². The van der Waals surface area contributed by atoms with Gasteiger partial charge < -0.3 is 10.6 Å². The molecule has 0 heterocycles. The van der Waals surface area contributed by atoms with E-state index in [1.807, 2.05) is 0 Å². The lowest BCUT2D eigenvalue weighted by molar-refractivity contribution is -0.121. The second-order valence-corrected chi connectivity index (χ2v) is 4.71. The number of amides is 2. The summed E-state index contributed by atoms with van der Waals surface area (Å²) in [5.74, 6) is 0.0358. The number of carbonyl (C=O) groups is 2. The maximum absolute atomic E-state index is 11.2. The first kappa shape index (κ1) is 15.2. The summed E-state index contributed by atoms with van der Waals surface area (Å²) < 4.78 is 0.770. The topological polar surface area (TPSA) is 58.2 Å². The highest BCUT2D eigenvalue weighted by molar-refractivity contribution is 9.11. The predicted molar refractivity (Wildman–Crippen MR) is 68.2 cm³/mol. The van der Waals surface area contributed by atoms with E-state index in [1.54, 1.807) is 0 Å². The molecular weight excluding hydrogens is 272 g/mol. The van der Waals surface area contributed by atoms with Crippen LogP contribution in [0.5, 0.6) is 0 Å². The molecule has 0 fully saturated rings. The summed E-state index contributed by atoms with van der Waals surface area (Å²) >= 11 is 3.17. The Hall–Kier alpha value is -0.840. The van der Waals surface area contributed by atoms with Crippen LogP contribution < -0.4 is 10.6 Å². The standard InChI is InChI=1S/C11H19BrN2O2/c1-9(12)8-14-11(16)6-4-3-5-7-13-10(2)15/h1,3-8H2,2H3,(H,13,15)(H,14,16). The van der Waals surface area contributed by atoms with Crippen molar-refractivity contribution in [1.82, 2.24) is 10.6 Å². The summed E-state index contributed by atoms with van der Waals surface area (Å²) in [6.07, 6.45) is 3.24. The summed E-state index contributed by atoms with van der Waals surface area (Å²) in [5, 5.41) is 5.45. The highest BCUT2D eigenvalue weighted by Crippen LogP contribution is 2.00. The first-order chi connectivity index (χ1) is 7.52. The average molecular weight is 291 g/mol. The lowest BCUT2D eigenvalue weighted by Crippen LogP contribution is -2.24. The molecule has 0 saturated carbocycles. The summed E-state index contributed by atoms with van der Waals surface area (Å²) in [6, 6.07) is 0. The number of unbranched alkanes of at least 4 members (excludes halogenated alkanes) is 2.